The Morgan fingerprint density at radius 2 is 1.88 bits per heavy atom. The molecule has 4 aromatic rings. The topological polar surface area (TPSA) is 58.1 Å². The van der Waals surface area contributed by atoms with Gasteiger partial charge in [0.15, 0.2) is 5.01 Å². The van der Waals surface area contributed by atoms with Crippen LogP contribution in [-0.4, -0.2) is 34.2 Å². The van der Waals surface area contributed by atoms with Gasteiger partial charge in [-0.3, -0.25) is 0 Å². The van der Waals surface area contributed by atoms with Crippen LogP contribution in [0.25, 0.3) is 21.3 Å². The van der Waals surface area contributed by atoms with Crippen LogP contribution in [0.5, 0.6) is 0 Å². The average molecular weight is 447 g/mol. The number of amides is 2. The molecule has 0 aliphatic carbocycles. The smallest absolute Gasteiger partial charge is 0.317 e. The minimum absolute atomic E-state index is 0.0681. The van der Waals surface area contributed by atoms with Gasteiger partial charge in [-0.05, 0) is 41.3 Å². The predicted octanol–water partition coefficient (Wildman–Crippen LogP) is 5.59. The molecule has 1 unspecified atom stereocenters. The number of hydrogen-bond acceptors (Lipinski definition) is 4. The molecule has 32 heavy (non-hydrogen) atoms. The monoisotopic (exact) mass is 446 g/mol. The van der Waals surface area contributed by atoms with Crippen molar-refractivity contribution in [3.63, 3.8) is 0 Å². The second-order valence-corrected chi connectivity index (χ2v) is 9.02. The van der Waals surface area contributed by atoms with E-state index in [1.807, 2.05) is 29.2 Å². The number of carbonyl (C=O) groups is 1. The number of urea groups is 1. The van der Waals surface area contributed by atoms with E-state index in [1.54, 1.807) is 18.2 Å². The van der Waals surface area contributed by atoms with E-state index in [9.17, 15) is 9.18 Å². The lowest BCUT2D eigenvalue weighted by Crippen LogP contribution is -2.44. The first-order valence-corrected chi connectivity index (χ1v) is 11.6. The quantitative estimate of drug-likeness (QED) is 0.445. The number of likely N-dealkylation sites (tertiary alicyclic amines) is 1. The first-order valence-electron chi connectivity index (χ1n) is 10.8. The number of hydrogen-bond donors (Lipinski definition) is 1. The molecule has 1 aliphatic heterocycles. The van der Waals surface area contributed by atoms with E-state index in [1.165, 1.54) is 22.8 Å². The molecule has 0 radical (unpaired) electrons. The Morgan fingerprint density at radius 1 is 1.06 bits per heavy atom. The number of fused-ring (bicyclic) bond motifs is 1. The van der Waals surface area contributed by atoms with Crippen molar-refractivity contribution in [1.82, 2.24) is 20.4 Å². The first kappa shape index (κ1) is 20.6. The summed E-state index contributed by atoms with van der Waals surface area (Å²) in [5.74, 6) is -0.182. The Balaban J connectivity index is 1.25. The minimum atomic E-state index is -0.298. The van der Waals surface area contributed by atoms with Gasteiger partial charge < -0.3 is 10.2 Å². The molecule has 1 fully saturated rings. The summed E-state index contributed by atoms with van der Waals surface area (Å²) >= 11 is 1.41. The second kappa shape index (κ2) is 9.04. The molecule has 1 atom stereocenters. The van der Waals surface area contributed by atoms with Crippen LogP contribution in [0.4, 0.5) is 9.18 Å². The number of rotatable bonds is 4. The van der Waals surface area contributed by atoms with Gasteiger partial charge in [0.2, 0.25) is 0 Å². The molecule has 1 saturated heterocycles. The van der Waals surface area contributed by atoms with Crippen LogP contribution >= 0.6 is 11.3 Å². The van der Waals surface area contributed by atoms with E-state index in [0.717, 1.165) is 35.3 Å². The lowest BCUT2D eigenvalue weighted by atomic mass is 9.99. The van der Waals surface area contributed by atoms with Gasteiger partial charge in [0.1, 0.15) is 10.8 Å². The summed E-state index contributed by atoms with van der Waals surface area (Å²) in [6.07, 6.45) is 1.85. The van der Waals surface area contributed by atoms with Crippen LogP contribution < -0.4 is 5.32 Å². The van der Waals surface area contributed by atoms with Crippen LogP contribution in [-0.2, 0) is 6.54 Å². The SMILES string of the molecule is O=C(NCc1cccc2ccccc12)N1CCCC(c2nnc(-c3ccccc3F)s2)C1. The molecule has 1 aliphatic rings. The summed E-state index contributed by atoms with van der Waals surface area (Å²) in [5.41, 5.74) is 1.57. The fourth-order valence-electron chi connectivity index (χ4n) is 4.24. The number of halogens is 1. The fraction of sp³-hybridized carbons (Fsp3) is 0.240. The number of carbonyl (C=O) groups excluding carboxylic acids is 1. The predicted molar refractivity (Wildman–Crippen MR) is 125 cm³/mol. The molecule has 3 aromatic carbocycles. The second-order valence-electron chi connectivity index (χ2n) is 8.01. The maximum atomic E-state index is 14.1. The molecule has 1 N–H and O–H groups in total. The van der Waals surface area contributed by atoms with Crippen molar-refractivity contribution >= 4 is 28.1 Å². The van der Waals surface area contributed by atoms with Crippen molar-refractivity contribution in [3.05, 3.63) is 83.1 Å². The molecule has 2 heterocycles. The number of aromatic nitrogens is 2. The third-order valence-electron chi connectivity index (χ3n) is 5.91. The Labute approximate surface area is 189 Å². The fourth-order valence-corrected chi connectivity index (χ4v) is 5.23. The molecule has 0 bridgehead atoms. The van der Waals surface area contributed by atoms with Crippen molar-refractivity contribution < 1.29 is 9.18 Å². The number of benzene rings is 3. The van der Waals surface area contributed by atoms with Crippen LogP contribution in [0.3, 0.4) is 0 Å². The summed E-state index contributed by atoms with van der Waals surface area (Å²) in [6, 6.07) is 20.9. The maximum absolute atomic E-state index is 14.1. The summed E-state index contributed by atoms with van der Waals surface area (Å²) in [6.45, 7) is 1.79. The highest BCUT2D eigenvalue weighted by Crippen LogP contribution is 2.33. The van der Waals surface area contributed by atoms with E-state index >= 15 is 0 Å². The highest BCUT2D eigenvalue weighted by atomic mass is 32.1. The number of nitrogens with one attached hydrogen (secondary N) is 1. The van der Waals surface area contributed by atoms with Crippen molar-refractivity contribution in [1.29, 1.82) is 0 Å². The van der Waals surface area contributed by atoms with Gasteiger partial charge in [-0.15, -0.1) is 10.2 Å². The maximum Gasteiger partial charge on any atom is 0.317 e. The average Bonchev–Trinajstić information content (AvgIpc) is 3.33. The molecule has 7 heteroatoms. The van der Waals surface area contributed by atoms with Crippen LogP contribution in [0.1, 0.15) is 29.3 Å². The zero-order valence-electron chi connectivity index (χ0n) is 17.5. The molecule has 5 nitrogen and oxygen atoms in total. The van der Waals surface area contributed by atoms with Gasteiger partial charge >= 0.3 is 6.03 Å². The van der Waals surface area contributed by atoms with Crippen LogP contribution in [0.15, 0.2) is 66.7 Å². The van der Waals surface area contributed by atoms with Crippen LogP contribution in [0, 0.1) is 5.82 Å². The largest absolute Gasteiger partial charge is 0.334 e. The third kappa shape index (κ3) is 4.21. The van der Waals surface area contributed by atoms with Gasteiger partial charge in [0.05, 0.1) is 0 Å². The molecule has 2 amide bonds. The Bertz CT molecular complexity index is 1250. The van der Waals surface area contributed by atoms with Crippen LogP contribution in [0.2, 0.25) is 0 Å². The van der Waals surface area contributed by atoms with Gasteiger partial charge in [0, 0.05) is 31.1 Å². The highest BCUT2D eigenvalue weighted by molar-refractivity contribution is 7.14. The summed E-state index contributed by atoms with van der Waals surface area (Å²) < 4.78 is 14.1. The van der Waals surface area contributed by atoms with E-state index < -0.39 is 0 Å². The van der Waals surface area contributed by atoms with Gasteiger partial charge in [-0.1, -0.05) is 65.9 Å². The lowest BCUT2D eigenvalue weighted by Gasteiger charge is -2.31. The van der Waals surface area contributed by atoms with Crippen molar-refractivity contribution in [3.8, 4) is 10.6 Å². The molecule has 162 valence electrons. The first-order chi connectivity index (χ1) is 15.7. The number of piperidine rings is 1. The van der Waals surface area contributed by atoms with Crippen molar-refractivity contribution in [2.45, 2.75) is 25.3 Å². The summed E-state index contributed by atoms with van der Waals surface area (Å²) in [4.78, 5) is 14.7. The molecular formula is C25H23FN4OS. The zero-order valence-corrected chi connectivity index (χ0v) is 18.3. The van der Waals surface area contributed by atoms with E-state index in [2.05, 4.69) is 33.7 Å². The van der Waals surface area contributed by atoms with E-state index in [-0.39, 0.29) is 17.8 Å². The summed E-state index contributed by atoms with van der Waals surface area (Å²) in [7, 11) is 0. The normalized spacial score (nSPS) is 16.3. The third-order valence-corrected chi connectivity index (χ3v) is 7.03. The Morgan fingerprint density at radius 3 is 2.78 bits per heavy atom. The molecule has 1 aromatic heterocycles. The molecule has 5 rings (SSSR count). The lowest BCUT2D eigenvalue weighted by molar-refractivity contribution is 0.179. The summed E-state index contributed by atoms with van der Waals surface area (Å²) in [5, 5.41) is 15.4. The minimum Gasteiger partial charge on any atom is -0.334 e. The Hall–Kier alpha value is -3.32. The molecular weight excluding hydrogens is 423 g/mol. The van der Waals surface area contributed by atoms with E-state index in [0.29, 0.717) is 23.7 Å². The van der Waals surface area contributed by atoms with E-state index in [4.69, 9.17) is 0 Å². The number of nitrogens with zero attached hydrogens (tertiary/aromatic N) is 3. The highest BCUT2D eigenvalue weighted by Gasteiger charge is 2.27. The van der Waals surface area contributed by atoms with Crippen molar-refractivity contribution in [2.24, 2.45) is 0 Å². The zero-order chi connectivity index (χ0) is 21.9. The standard InChI is InChI=1S/C25H23FN4OS/c26-22-13-4-3-12-21(22)24-29-28-23(32-24)19-10-6-14-30(16-19)25(31)27-15-18-9-5-8-17-7-1-2-11-20(17)18/h1-5,7-9,11-13,19H,6,10,14-16H2,(H,27,31). The molecule has 0 spiro atoms. The van der Waals surface area contributed by atoms with Gasteiger partial charge in [0.25, 0.3) is 0 Å². The van der Waals surface area contributed by atoms with Gasteiger partial charge in [-0.2, -0.15) is 0 Å². The van der Waals surface area contributed by atoms with Gasteiger partial charge in [-0.25, -0.2) is 9.18 Å². The molecule has 0 saturated carbocycles. The Kier molecular flexibility index (Phi) is 5.81. The van der Waals surface area contributed by atoms with Crippen molar-refractivity contribution in [2.75, 3.05) is 13.1 Å².